The maximum atomic E-state index is 12.8. The smallest absolute Gasteiger partial charge is 0.262 e. The molecule has 0 saturated carbocycles. The predicted octanol–water partition coefficient (Wildman–Crippen LogP) is 4.80. The summed E-state index contributed by atoms with van der Waals surface area (Å²) in [4.78, 5) is 17.6. The van der Waals surface area contributed by atoms with E-state index in [1.165, 1.54) is 11.1 Å². The van der Waals surface area contributed by atoms with Gasteiger partial charge in [-0.1, -0.05) is 67.1 Å². The number of unbranched alkanes of at least 4 members (excludes halogenated alkanes) is 1. The van der Waals surface area contributed by atoms with Crippen LogP contribution in [0.3, 0.4) is 0 Å². The summed E-state index contributed by atoms with van der Waals surface area (Å²) in [5.41, 5.74) is 3.36. The van der Waals surface area contributed by atoms with Crippen molar-refractivity contribution in [2.24, 2.45) is 0 Å². The molecule has 1 heterocycles. The van der Waals surface area contributed by atoms with Gasteiger partial charge in [-0.25, -0.2) is 4.98 Å². The van der Waals surface area contributed by atoms with Crippen molar-refractivity contribution in [2.45, 2.75) is 44.1 Å². The van der Waals surface area contributed by atoms with Crippen LogP contribution >= 0.6 is 11.8 Å². The van der Waals surface area contributed by atoms with Crippen LogP contribution in [-0.4, -0.2) is 9.55 Å². The molecule has 0 radical (unpaired) electrons. The number of hydrogen-bond acceptors (Lipinski definition) is 3. The van der Waals surface area contributed by atoms with Crippen molar-refractivity contribution in [2.75, 3.05) is 0 Å². The van der Waals surface area contributed by atoms with Crippen molar-refractivity contribution >= 4 is 22.7 Å². The molecule has 2 aromatic carbocycles. The third-order valence-electron chi connectivity index (χ3n) is 4.01. The van der Waals surface area contributed by atoms with Crippen LogP contribution in [0.25, 0.3) is 10.9 Å². The van der Waals surface area contributed by atoms with Crippen molar-refractivity contribution in [3.8, 4) is 0 Å². The summed E-state index contributed by atoms with van der Waals surface area (Å²) in [7, 11) is 0. The van der Waals surface area contributed by atoms with Crippen molar-refractivity contribution in [1.82, 2.24) is 9.55 Å². The lowest BCUT2D eigenvalue weighted by Crippen LogP contribution is -2.23. The van der Waals surface area contributed by atoms with E-state index in [9.17, 15) is 4.79 Å². The third-order valence-corrected chi connectivity index (χ3v) is 5.06. The molecule has 0 bridgehead atoms. The van der Waals surface area contributed by atoms with Gasteiger partial charge in [0.05, 0.1) is 10.9 Å². The lowest BCUT2D eigenvalue weighted by Gasteiger charge is -2.13. The first-order chi connectivity index (χ1) is 11.7. The number of benzene rings is 2. The molecule has 3 rings (SSSR count). The average Bonchev–Trinajstić information content (AvgIpc) is 2.59. The highest BCUT2D eigenvalue weighted by atomic mass is 32.2. The summed E-state index contributed by atoms with van der Waals surface area (Å²) >= 11 is 1.64. The molecule has 0 saturated heterocycles. The molecular formula is C20H22N2OS. The first-order valence-electron chi connectivity index (χ1n) is 8.37. The van der Waals surface area contributed by atoms with Gasteiger partial charge < -0.3 is 0 Å². The predicted molar refractivity (Wildman–Crippen MR) is 102 cm³/mol. The maximum Gasteiger partial charge on any atom is 0.262 e. The summed E-state index contributed by atoms with van der Waals surface area (Å²) in [6.45, 7) is 4.96. The van der Waals surface area contributed by atoms with E-state index < -0.39 is 0 Å². The molecule has 0 N–H and O–H groups in total. The van der Waals surface area contributed by atoms with Gasteiger partial charge in [-0.2, -0.15) is 0 Å². The molecule has 0 spiro atoms. The molecule has 24 heavy (non-hydrogen) atoms. The van der Waals surface area contributed by atoms with Gasteiger partial charge in [0.2, 0.25) is 0 Å². The Hall–Kier alpha value is -2.07. The van der Waals surface area contributed by atoms with E-state index in [0.717, 1.165) is 35.8 Å². The number of nitrogens with zero attached hydrogens (tertiary/aromatic N) is 2. The van der Waals surface area contributed by atoms with Crippen LogP contribution < -0.4 is 5.56 Å². The fourth-order valence-corrected chi connectivity index (χ4v) is 3.69. The monoisotopic (exact) mass is 338 g/mol. The Kier molecular flexibility index (Phi) is 5.36. The zero-order valence-electron chi connectivity index (χ0n) is 14.2. The summed E-state index contributed by atoms with van der Waals surface area (Å²) in [6, 6.07) is 16.1. The van der Waals surface area contributed by atoms with Gasteiger partial charge in [0.25, 0.3) is 5.56 Å². The van der Waals surface area contributed by atoms with E-state index in [4.69, 9.17) is 4.98 Å². The van der Waals surface area contributed by atoms with Gasteiger partial charge in [-0.3, -0.25) is 9.36 Å². The quantitative estimate of drug-likeness (QED) is 0.478. The first-order valence-corrected chi connectivity index (χ1v) is 9.35. The second-order valence-corrected chi connectivity index (χ2v) is 6.94. The van der Waals surface area contributed by atoms with Crippen molar-refractivity contribution < 1.29 is 0 Å². The van der Waals surface area contributed by atoms with E-state index in [1.807, 2.05) is 28.8 Å². The first kappa shape index (κ1) is 16.8. The third kappa shape index (κ3) is 3.70. The normalized spacial score (nSPS) is 11.1. The van der Waals surface area contributed by atoms with Crippen molar-refractivity contribution in [1.29, 1.82) is 0 Å². The molecule has 4 heteroatoms. The fourth-order valence-electron chi connectivity index (χ4n) is 2.72. The molecule has 0 aliphatic heterocycles. The lowest BCUT2D eigenvalue weighted by atomic mass is 10.2. The number of rotatable bonds is 6. The molecule has 0 aliphatic carbocycles. The summed E-state index contributed by atoms with van der Waals surface area (Å²) in [5, 5.41) is 1.52. The van der Waals surface area contributed by atoms with Gasteiger partial charge in [0, 0.05) is 12.3 Å². The number of para-hydroxylation sites is 1. The van der Waals surface area contributed by atoms with Gasteiger partial charge in [-0.05, 0) is 31.0 Å². The topological polar surface area (TPSA) is 34.9 Å². The molecule has 0 fully saturated rings. The van der Waals surface area contributed by atoms with Gasteiger partial charge in [0.1, 0.15) is 0 Å². The van der Waals surface area contributed by atoms with Gasteiger partial charge >= 0.3 is 0 Å². The van der Waals surface area contributed by atoms with E-state index >= 15 is 0 Å². The highest BCUT2D eigenvalue weighted by Gasteiger charge is 2.11. The molecule has 1 aromatic heterocycles. The largest absolute Gasteiger partial charge is 0.287 e. The zero-order valence-corrected chi connectivity index (χ0v) is 15.0. The van der Waals surface area contributed by atoms with Crippen molar-refractivity contribution in [3.63, 3.8) is 0 Å². The van der Waals surface area contributed by atoms with Crippen LogP contribution in [0.1, 0.15) is 30.9 Å². The second kappa shape index (κ2) is 7.67. The molecular weight excluding hydrogens is 316 g/mol. The Morgan fingerprint density at radius 2 is 1.96 bits per heavy atom. The SMILES string of the molecule is CCCCn1c(SCc2cccc(C)c2)nc2ccccc2c1=O. The second-order valence-electron chi connectivity index (χ2n) is 6.00. The highest BCUT2D eigenvalue weighted by Crippen LogP contribution is 2.23. The van der Waals surface area contributed by atoms with Gasteiger partial charge in [0.15, 0.2) is 5.16 Å². The molecule has 0 atom stereocenters. The van der Waals surface area contributed by atoms with Crippen molar-refractivity contribution in [3.05, 3.63) is 70.0 Å². The van der Waals surface area contributed by atoms with E-state index in [2.05, 4.69) is 38.1 Å². The highest BCUT2D eigenvalue weighted by molar-refractivity contribution is 7.98. The number of thioether (sulfide) groups is 1. The maximum absolute atomic E-state index is 12.8. The lowest BCUT2D eigenvalue weighted by molar-refractivity contribution is 0.557. The standard InChI is InChI=1S/C20H22N2OS/c1-3-4-12-22-19(23)17-10-5-6-11-18(17)21-20(22)24-14-16-9-7-8-15(2)13-16/h5-11,13H,3-4,12,14H2,1-2H3. The molecule has 0 unspecified atom stereocenters. The van der Waals surface area contributed by atoms with E-state index in [1.54, 1.807) is 11.8 Å². The summed E-state index contributed by atoms with van der Waals surface area (Å²) in [5.74, 6) is 0.818. The van der Waals surface area contributed by atoms with E-state index in [-0.39, 0.29) is 5.56 Å². The summed E-state index contributed by atoms with van der Waals surface area (Å²) in [6.07, 6.45) is 2.04. The average molecular weight is 338 g/mol. The van der Waals surface area contributed by atoms with Crippen LogP contribution in [0.4, 0.5) is 0 Å². The Bertz CT molecular complexity index is 902. The molecule has 0 amide bonds. The van der Waals surface area contributed by atoms with Crippen LogP contribution in [0.2, 0.25) is 0 Å². The van der Waals surface area contributed by atoms with E-state index in [0.29, 0.717) is 5.39 Å². The Morgan fingerprint density at radius 3 is 2.75 bits per heavy atom. The van der Waals surface area contributed by atoms with Crippen LogP contribution in [0.5, 0.6) is 0 Å². The Balaban J connectivity index is 1.96. The Morgan fingerprint density at radius 1 is 1.12 bits per heavy atom. The minimum Gasteiger partial charge on any atom is -0.287 e. The molecule has 3 nitrogen and oxygen atoms in total. The number of aromatic nitrogens is 2. The molecule has 124 valence electrons. The van der Waals surface area contributed by atoms with Crippen LogP contribution in [0, 0.1) is 6.92 Å². The minimum atomic E-state index is 0.0702. The van der Waals surface area contributed by atoms with Crippen LogP contribution in [-0.2, 0) is 12.3 Å². The molecule has 0 aliphatic rings. The Labute approximate surface area is 146 Å². The van der Waals surface area contributed by atoms with Gasteiger partial charge in [-0.15, -0.1) is 0 Å². The zero-order chi connectivity index (χ0) is 16.9. The molecule has 3 aromatic rings. The minimum absolute atomic E-state index is 0.0702. The summed E-state index contributed by atoms with van der Waals surface area (Å²) < 4.78 is 1.84. The number of fused-ring (bicyclic) bond motifs is 1. The number of hydrogen-bond donors (Lipinski definition) is 0. The number of aryl methyl sites for hydroxylation is 1. The fraction of sp³-hybridized carbons (Fsp3) is 0.300. The van der Waals surface area contributed by atoms with Crippen LogP contribution in [0.15, 0.2) is 58.5 Å².